The minimum Gasteiger partial charge on any atom is -0.271 e. The van der Waals surface area contributed by atoms with Gasteiger partial charge in [-0.1, -0.05) is 0 Å². The van der Waals surface area contributed by atoms with E-state index in [1.165, 1.54) is 29.3 Å². The molecule has 0 N–H and O–H groups in total. The molecule has 0 unspecified atom stereocenters. The fourth-order valence-corrected chi connectivity index (χ4v) is 1.34. The van der Waals surface area contributed by atoms with Crippen molar-refractivity contribution in [2.45, 2.75) is 6.42 Å². The monoisotopic (exact) mass is 195 g/mol. The first-order chi connectivity index (χ1) is 6.77. The van der Waals surface area contributed by atoms with Crippen molar-refractivity contribution in [2.24, 2.45) is 0 Å². The number of hydrogen-bond donors (Lipinski definition) is 0. The van der Waals surface area contributed by atoms with E-state index in [-0.39, 0.29) is 11.7 Å². The molecule has 1 aliphatic heterocycles. The highest BCUT2D eigenvalue weighted by molar-refractivity contribution is 5.93. The van der Waals surface area contributed by atoms with Gasteiger partial charge in [-0.25, -0.2) is 9.45 Å². The molecular formula is C10H10FNO2. The molecule has 0 radical (unpaired) electrons. The number of carbonyl (C=O) groups is 1. The lowest BCUT2D eigenvalue weighted by molar-refractivity contribution is -0.0768. The Bertz CT molecular complexity index is 330. The summed E-state index contributed by atoms with van der Waals surface area (Å²) >= 11 is 0. The lowest BCUT2D eigenvalue weighted by Crippen LogP contribution is -2.26. The van der Waals surface area contributed by atoms with E-state index in [0.717, 1.165) is 6.42 Å². The number of carbonyl (C=O) groups excluding carboxylic acids is 1. The van der Waals surface area contributed by atoms with E-state index in [0.29, 0.717) is 18.7 Å². The van der Waals surface area contributed by atoms with Gasteiger partial charge in [0.2, 0.25) is 0 Å². The van der Waals surface area contributed by atoms with Crippen molar-refractivity contribution < 1.29 is 14.0 Å². The molecule has 0 bridgehead atoms. The number of benzene rings is 1. The van der Waals surface area contributed by atoms with Crippen molar-refractivity contribution in [2.75, 3.05) is 13.2 Å². The second-order valence-corrected chi connectivity index (χ2v) is 3.10. The third kappa shape index (κ3) is 1.75. The van der Waals surface area contributed by atoms with Gasteiger partial charge in [-0.3, -0.25) is 9.63 Å². The zero-order chi connectivity index (χ0) is 9.97. The Morgan fingerprint density at radius 1 is 1.36 bits per heavy atom. The molecule has 1 aromatic carbocycles. The average Bonchev–Trinajstić information content (AvgIpc) is 2.71. The standard InChI is InChI=1S/C10H10FNO2/c11-9-4-2-8(3-5-9)10(13)12-6-1-7-14-12/h2-5H,1,6-7H2. The zero-order valence-electron chi connectivity index (χ0n) is 7.57. The summed E-state index contributed by atoms with van der Waals surface area (Å²) < 4.78 is 12.6. The topological polar surface area (TPSA) is 29.5 Å². The van der Waals surface area contributed by atoms with E-state index in [1.807, 2.05) is 0 Å². The zero-order valence-corrected chi connectivity index (χ0v) is 7.57. The number of halogens is 1. The van der Waals surface area contributed by atoms with Gasteiger partial charge in [-0.15, -0.1) is 0 Å². The van der Waals surface area contributed by atoms with Gasteiger partial charge in [0.25, 0.3) is 5.91 Å². The quantitative estimate of drug-likeness (QED) is 0.681. The normalized spacial score (nSPS) is 15.9. The molecule has 3 nitrogen and oxygen atoms in total. The molecule has 0 spiro atoms. The summed E-state index contributed by atoms with van der Waals surface area (Å²) in [5, 5.41) is 1.31. The largest absolute Gasteiger partial charge is 0.277 e. The second kappa shape index (κ2) is 3.75. The van der Waals surface area contributed by atoms with E-state index in [1.54, 1.807) is 0 Å². The van der Waals surface area contributed by atoms with Gasteiger partial charge in [-0.05, 0) is 30.7 Å². The molecule has 1 heterocycles. The van der Waals surface area contributed by atoms with Crippen LogP contribution in [-0.2, 0) is 4.84 Å². The highest BCUT2D eigenvalue weighted by atomic mass is 19.1. The first-order valence-electron chi connectivity index (χ1n) is 4.48. The molecule has 74 valence electrons. The van der Waals surface area contributed by atoms with Crippen LogP contribution in [0.15, 0.2) is 24.3 Å². The van der Waals surface area contributed by atoms with E-state index in [2.05, 4.69) is 0 Å². The van der Waals surface area contributed by atoms with Crippen molar-refractivity contribution in [3.8, 4) is 0 Å². The summed E-state index contributed by atoms with van der Waals surface area (Å²) in [7, 11) is 0. The van der Waals surface area contributed by atoms with Gasteiger partial charge >= 0.3 is 0 Å². The predicted octanol–water partition coefficient (Wildman–Crippen LogP) is 1.60. The number of nitrogens with zero attached hydrogens (tertiary/aromatic N) is 1. The molecule has 1 aromatic rings. The molecule has 2 rings (SSSR count). The molecule has 1 amide bonds. The van der Waals surface area contributed by atoms with Crippen molar-refractivity contribution >= 4 is 5.91 Å². The van der Waals surface area contributed by atoms with Gasteiger partial charge in [0.1, 0.15) is 5.82 Å². The summed E-state index contributed by atoms with van der Waals surface area (Å²) in [5.41, 5.74) is 0.452. The molecule has 0 atom stereocenters. The molecule has 0 aliphatic carbocycles. The highest BCUT2D eigenvalue weighted by Crippen LogP contribution is 2.11. The van der Waals surface area contributed by atoms with Gasteiger partial charge in [0, 0.05) is 5.56 Å². The lowest BCUT2D eigenvalue weighted by atomic mass is 10.2. The van der Waals surface area contributed by atoms with Crippen molar-refractivity contribution in [3.05, 3.63) is 35.6 Å². The summed E-state index contributed by atoms with van der Waals surface area (Å²) in [6, 6.07) is 5.45. The minimum atomic E-state index is -0.344. The summed E-state index contributed by atoms with van der Waals surface area (Å²) in [5.74, 6) is -0.550. The minimum absolute atomic E-state index is 0.206. The predicted molar refractivity (Wildman–Crippen MR) is 48.0 cm³/mol. The first-order valence-corrected chi connectivity index (χ1v) is 4.48. The van der Waals surface area contributed by atoms with Crippen LogP contribution in [0, 0.1) is 5.82 Å². The summed E-state index contributed by atoms with van der Waals surface area (Å²) in [4.78, 5) is 16.7. The van der Waals surface area contributed by atoms with Crippen LogP contribution in [0.2, 0.25) is 0 Å². The van der Waals surface area contributed by atoms with Crippen LogP contribution in [0.4, 0.5) is 4.39 Å². The fraction of sp³-hybridized carbons (Fsp3) is 0.300. The van der Waals surface area contributed by atoms with Crippen molar-refractivity contribution in [1.29, 1.82) is 0 Å². The number of hydrogen-bond acceptors (Lipinski definition) is 2. The maximum atomic E-state index is 12.6. The first kappa shape index (κ1) is 9.15. The van der Waals surface area contributed by atoms with Crippen LogP contribution in [0.5, 0.6) is 0 Å². The smallest absolute Gasteiger partial charge is 0.271 e. The maximum absolute atomic E-state index is 12.6. The summed E-state index contributed by atoms with van der Waals surface area (Å²) in [6.07, 6.45) is 0.854. The Kier molecular flexibility index (Phi) is 2.45. The van der Waals surface area contributed by atoms with E-state index >= 15 is 0 Å². The SMILES string of the molecule is O=C(c1ccc(F)cc1)N1CCCO1. The van der Waals surface area contributed by atoms with Crippen LogP contribution in [0.1, 0.15) is 16.8 Å². The molecule has 14 heavy (non-hydrogen) atoms. The third-order valence-electron chi connectivity index (χ3n) is 2.07. The van der Waals surface area contributed by atoms with Crippen LogP contribution in [-0.4, -0.2) is 24.1 Å². The van der Waals surface area contributed by atoms with Crippen molar-refractivity contribution in [1.82, 2.24) is 5.06 Å². The number of hydroxylamine groups is 2. The number of amides is 1. The summed E-state index contributed by atoms with van der Waals surface area (Å²) in [6.45, 7) is 1.18. The molecule has 0 aromatic heterocycles. The van der Waals surface area contributed by atoms with Crippen LogP contribution < -0.4 is 0 Å². The van der Waals surface area contributed by atoms with Crippen LogP contribution in [0.3, 0.4) is 0 Å². The number of rotatable bonds is 1. The second-order valence-electron chi connectivity index (χ2n) is 3.10. The molecule has 4 heteroatoms. The third-order valence-corrected chi connectivity index (χ3v) is 2.07. The average molecular weight is 195 g/mol. The van der Waals surface area contributed by atoms with Gasteiger partial charge < -0.3 is 0 Å². The van der Waals surface area contributed by atoms with Gasteiger partial charge in [-0.2, -0.15) is 0 Å². The Morgan fingerprint density at radius 3 is 2.64 bits per heavy atom. The van der Waals surface area contributed by atoms with Crippen LogP contribution in [0.25, 0.3) is 0 Å². The lowest BCUT2D eigenvalue weighted by Gasteiger charge is -2.13. The van der Waals surface area contributed by atoms with E-state index in [4.69, 9.17) is 4.84 Å². The van der Waals surface area contributed by atoms with Gasteiger partial charge in [0.15, 0.2) is 0 Å². The Morgan fingerprint density at radius 2 is 2.07 bits per heavy atom. The van der Waals surface area contributed by atoms with Crippen LogP contribution >= 0.6 is 0 Å². The molecule has 0 saturated carbocycles. The fourth-order valence-electron chi connectivity index (χ4n) is 1.34. The molecule has 1 fully saturated rings. The van der Waals surface area contributed by atoms with Gasteiger partial charge in [0.05, 0.1) is 13.2 Å². The Balaban J connectivity index is 2.14. The molecule has 1 saturated heterocycles. The van der Waals surface area contributed by atoms with Crippen molar-refractivity contribution in [3.63, 3.8) is 0 Å². The van der Waals surface area contributed by atoms with E-state index in [9.17, 15) is 9.18 Å². The Hall–Kier alpha value is -1.42. The maximum Gasteiger partial charge on any atom is 0.277 e. The molecular weight excluding hydrogens is 185 g/mol. The molecule has 1 aliphatic rings. The Labute approximate surface area is 81.0 Å². The highest BCUT2D eigenvalue weighted by Gasteiger charge is 2.20. The van der Waals surface area contributed by atoms with E-state index < -0.39 is 0 Å².